The Balaban J connectivity index is 1.47. The number of rotatable bonds is 5. The lowest BCUT2D eigenvalue weighted by molar-refractivity contribution is 0.249. The number of hydrogen-bond acceptors (Lipinski definition) is 3. The molecule has 0 amide bonds. The van der Waals surface area contributed by atoms with Crippen LogP contribution in [0.25, 0.3) is 11.1 Å². The van der Waals surface area contributed by atoms with Gasteiger partial charge in [-0.05, 0) is 29.3 Å². The molecule has 3 aromatic rings. The number of ether oxygens (including phenoxy) is 1. The maximum Gasteiger partial charge on any atom is 0.142 e. The molecule has 0 aliphatic carbocycles. The van der Waals surface area contributed by atoms with E-state index in [0.29, 0.717) is 5.56 Å². The van der Waals surface area contributed by atoms with E-state index in [1.165, 1.54) is 11.6 Å². The summed E-state index contributed by atoms with van der Waals surface area (Å²) in [5.74, 6) is 0.747. The number of methoxy groups -OCH3 is 1. The van der Waals surface area contributed by atoms with Crippen molar-refractivity contribution in [2.75, 3.05) is 38.2 Å². The zero-order valence-corrected chi connectivity index (χ0v) is 16.1. The molecule has 1 saturated heterocycles. The maximum atomic E-state index is 14.3. The van der Waals surface area contributed by atoms with Gasteiger partial charge in [0, 0.05) is 38.3 Å². The lowest BCUT2D eigenvalue weighted by Gasteiger charge is -2.37. The van der Waals surface area contributed by atoms with Gasteiger partial charge in [0.05, 0.1) is 12.8 Å². The first kappa shape index (κ1) is 18.5. The number of anilines is 1. The van der Waals surface area contributed by atoms with Crippen LogP contribution in [0.15, 0.2) is 72.8 Å². The van der Waals surface area contributed by atoms with Crippen molar-refractivity contribution in [3.63, 3.8) is 0 Å². The number of piperazine rings is 1. The van der Waals surface area contributed by atoms with Gasteiger partial charge in [0.1, 0.15) is 11.6 Å². The molecule has 1 heterocycles. The first-order valence-corrected chi connectivity index (χ1v) is 9.69. The molecule has 1 fully saturated rings. The second-order valence-corrected chi connectivity index (χ2v) is 7.07. The summed E-state index contributed by atoms with van der Waals surface area (Å²) < 4.78 is 19.8. The second-order valence-electron chi connectivity index (χ2n) is 7.07. The van der Waals surface area contributed by atoms with Crippen molar-refractivity contribution >= 4 is 5.69 Å². The van der Waals surface area contributed by atoms with Crippen molar-refractivity contribution in [1.29, 1.82) is 0 Å². The van der Waals surface area contributed by atoms with Crippen LogP contribution in [-0.2, 0) is 6.54 Å². The molecule has 0 N–H and O–H groups in total. The van der Waals surface area contributed by atoms with Gasteiger partial charge in [-0.3, -0.25) is 4.90 Å². The topological polar surface area (TPSA) is 15.7 Å². The predicted molar refractivity (Wildman–Crippen MR) is 112 cm³/mol. The summed E-state index contributed by atoms with van der Waals surface area (Å²) in [6.07, 6.45) is 0. The van der Waals surface area contributed by atoms with E-state index >= 15 is 0 Å². The molecule has 28 heavy (non-hydrogen) atoms. The standard InChI is InChI=1S/C24H25FN2O/c1-28-24-13-7-6-12-23(24)27-16-14-26(15-17-27)18-19-8-2-3-9-20(19)21-10-4-5-11-22(21)25/h2-13H,14-18H2,1H3. The Bertz CT molecular complexity index is 935. The van der Waals surface area contributed by atoms with Crippen LogP contribution < -0.4 is 9.64 Å². The van der Waals surface area contributed by atoms with Gasteiger partial charge in [-0.15, -0.1) is 0 Å². The van der Waals surface area contributed by atoms with Gasteiger partial charge >= 0.3 is 0 Å². The van der Waals surface area contributed by atoms with E-state index in [0.717, 1.165) is 49.7 Å². The highest BCUT2D eigenvalue weighted by Gasteiger charge is 2.20. The third-order valence-corrected chi connectivity index (χ3v) is 5.37. The average Bonchev–Trinajstić information content (AvgIpc) is 2.75. The predicted octanol–water partition coefficient (Wildman–Crippen LogP) is 4.82. The molecule has 1 aliphatic rings. The van der Waals surface area contributed by atoms with Gasteiger partial charge in [0.15, 0.2) is 0 Å². The van der Waals surface area contributed by atoms with Gasteiger partial charge in [-0.25, -0.2) is 4.39 Å². The van der Waals surface area contributed by atoms with Crippen LogP contribution in [0.5, 0.6) is 5.75 Å². The van der Waals surface area contributed by atoms with Crippen LogP contribution in [0.3, 0.4) is 0 Å². The number of halogens is 1. The fourth-order valence-electron chi connectivity index (χ4n) is 3.88. The van der Waals surface area contributed by atoms with Gasteiger partial charge in [-0.1, -0.05) is 54.6 Å². The molecule has 0 aromatic heterocycles. The molecule has 144 valence electrons. The third kappa shape index (κ3) is 3.87. The van der Waals surface area contributed by atoms with Crippen LogP contribution in [0.1, 0.15) is 5.56 Å². The van der Waals surface area contributed by atoms with E-state index < -0.39 is 0 Å². The van der Waals surface area contributed by atoms with Crippen LogP contribution in [-0.4, -0.2) is 38.2 Å². The minimum Gasteiger partial charge on any atom is -0.495 e. The normalized spacial score (nSPS) is 14.9. The third-order valence-electron chi connectivity index (χ3n) is 5.37. The smallest absolute Gasteiger partial charge is 0.142 e. The van der Waals surface area contributed by atoms with E-state index in [1.807, 2.05) is 42.5 Å². The van der Waals surface area contributed by atoms with Crippen molar-refractivity contribution in [3.8, 4) is 16.9 Å². The minimum absolute atomic E-state index is 0.170. The Kier molecular flexibility index (Phi) is 5.58. The lowest BCUT2D eigenvalue weighted by atomic mass is 9.98. The molecule has 0 saturated carbocycles. The monoisotopic (exact) mass is 376 g/mol. The van der Waals surface area contributed by atoms with Crippen molar-refractivity contribution < 1.29 is 9.13 Å². The van der Waals surface area contributed by atoms with Crippen LogP contribution in [0.2, 0.25) is 0 Å². The van der Waals surface area contributed by atoms with Crippen molar-refractivity contribution in [1.82, 2.24) is 4.90 Å². The minimum atomic E-state index is -0.170. The van der Waals surface area contributed by atoms with Crippen LogP contribution in [0, 0.1) is 5.82 Å². The summed E-state index contributed by atoms with van der Waals surface area (Å²) in [5, 5.41) is 0. The van der Waals surface area contributed by atoms with E-state index in [9.17, 15) is 4.39 Å². The van der Waals surface area contributed by atoms with E-state index in [1.54, 1.807) is 13.2 Å². The highest BCUT2D eigenvalue weighted by Crippen LogP contribution is 2.30. The maximum absolute atomic E-state index is 14.3. The molecule has 0 radical (unpaired) electrons. The fourth-order valence-corrected chi connectivity index (χ4v) is 3.88. The largest absolute Gasteiger partial charge is 0.495 e. The molecular formula is C24H25FN2O. The first-order chi connectivity index (χ1) is 13.8. The van der Waals surface area contributed by atoms with E-state index in [-0.39, 0.29) is 5.82 Å². The highest BCUT2D eigenvalue weighted by molar-refractivity contribution is 5.68. The summed E-state index contributed by atoms with van der Waals surface area (Å²) in [5.41, 5.74) is 3.97. The Morgan fingerprint density at radius 1 is 0.786 bits per heavy atom. The lowest BCUT2D eigenvalue weighted by Crippen LogP contribution is -2.46. The molecule has 0 bridgehead atoms. The van der Waals surface area contributed by atoms with Crippen molar-refractivity contribution in [2.45, 2.75) is 6.54 Å². The molecule has 4 rings (SSSR count). The summed E-state index contributed by atoms with van der Waals surface area (Å²) >= 11 is 0. The Morgan fingerprint density at radius 2 is 1.43 bits per heavy atom. The van der Waals surface area contributed by atoms with Gasteiger partial charge in [-0.2, -0.15) is 0 Å². The van der Waals surface area contributed by atoms with E-state index in [4.69, 9.17) is 4.74 Å². The first-order valence-electron chi connectivity index (χ1n) is 9.69. The van der Waals surface area contributed by atoms with Crippen LogP contribution in [0.4, 0.5) is 10.1 Å². The summed E-state index contributed by atoms with van der Waals surface area (Å²) in [6.45, 7) is 4.64. The Morgan fingerprint density at radius 3 is 2.18 bits per heavy atom. The highest BCUT2D eigenvalue weighted by atomic mass is 19.1. The SMILES string of the molecule is COc1ccccc1N1CCN(Cc2ccccc2-c2ccccc2F)CC1. The van der Waals surface area contributed by atoms with Gasteiger partial charge in [0.2, 0.25) is 0 Å². The Hall–Kier alpha value is -2.85. The van der Waals surface area contributed by atoms with Gasteiger partial charge < -0.3 is 9.64 Å². The summed E-state index contributed by atoms with van der Waals surface area (Å²) in [4.78, 5) is 4.81. The molecule has 0 spiro atoms. The number of hydrogen-bond donors (Lipinski definition) is 0. The van der Waals surface area contributed by atoms with E-state index in [2.05, 4.69) is 28.0 Å². The summed E-state index contributed by atoms with van der Waals surface area (Å²) in [7, 11) is 1.72. The number of benzene rings is 3. The molecule has 3 nitrogen and oxygen atoms in total. The van der Waals surface area contributed by atoms with Crippen molar-refractivity contribution in [2.24, 2.45) is 0 Å². The molecular weight excluding hydrogens is 351 g/mol. The van der Waals surface area contributed by atoms with Gasteiger partial charge in [0.25, 0.3) is 0 Å². The molecule has 4 heteroatoms. The molecule has 0 atom stereocenters. The molecule has 1 aliphatic heterocycles. The number of nitrogens with zero attached hydrogens (tertiary/aromatic N) is 2. The second kappa shape index (κ2) is 8.44. The van der Waals surface area contributed by atoms with Crippen LogP contribution >= 0.6 is 0 Å². The quantitative estimate of drug-likeness (QED) is 0.635. The average molecular weight is 376 g/mol. The molecule has 0 unspecified atom stereocenters. The van der Waals surface area contributed by atoms with Crippen molar-refractivity contribution in [3.05, 3.63) is 84.2 Å². The zero-order chi connectivity index (χ0) is 19.3. The zero-order valence-electron chi connectivity index (χ0n) is 16.1. The molecule has 3 aromatic carbocycles. The summed E-state index contributed by atoms with van der Waals surface area (Å²) in [6, 6.07) is 23.3. The number of para-hydroxylation sites is 2. The fraction of sp³-hybridized carbons (Fsp3) is 0.250. The Labute approximate surface area is 166 Å².